The van der Waals surface area contributed by atoms with Crippen molar-refractivity contribution >= 4 is 27.4 Å². The van der Waals surface area contributed by atoms with E-state index in [1.54, 1.807) is 17.4 Å². The second kappa shape index (κ2) is 4.71. The molecule has 18 heavy (non-hydrogen) atoms. The van der Waals surface area contributed by atoms with Crippen LogP contribution in [0.5, 0.6) is 0 Å². The zero-order chi connectivity index (χ0) is 12.5. The van der Waals surface area contributed by atoms with Crippen LogP contribution in [0.15, 0.2) is 23.6 Å². The number of carboxylic acids is 1. The molecule has 3 rings (SSSR count). The molecule has 0 aliphatic heterocycles. The van der Waals surface area contributed by atoms with Gasteiger partial charge in [0.25, 0.3) is 0 Å². The van der Waals surface area contributed by atoms with Gasteiger partial charge in [0.05, 0.1) is 5.56 Å². The molecule has 2 N–H and O–H groups in total. The van der Waals surface area contributed by atoms with E-state index in [1.807, 2.05) is 12.1 Å². The minimum Gasteiger partial charge on any atom is -0.478 e. The van der Waals surface area contributed by atoms with Crippen molar-refractivity contribution in [3.8, 4) is 0 Å². The first-order valence-corrected chi connectivity index (χ1v) is 7.09. The highest BCUT2D eigenvalue weighted by atomic mass is 32.1. The Bertz CT molecular complexity index is 586. The maximum atomic E-state index is 11.3. The first kappa shape index (κ1) is 11.7. The lowest BCUT2D eigenvalue weighted by Crippen LogP contribution is -2.34. The van der Waals surface area contributed by atoms with Crippen LogP contribution in [-0.2, 0) is 6.54 Å². The van der Waals surface area contributed by atoms with Crippen molar-refractivity contribution < 1.29 is 9.90 Å². The molecule has 1 aliphatic carbocycles. The lowest BCUT2D eigenvalue weighted by molar-refractivity contribution is 0.0699. The zero-order valence-electron chi connectivity index (χ0n) is 9.98. The highest BCUT2D eigenvalue weighted by molar-refractivity contribution is 7.17. The molecule has 0 radical (unpaired) electrons. The lowest BCUT2D eigenvalue weighted by atomic mass is 9.93. The molecule has 0 amide bonds. The predicted octanol–water partition coefficient (Wildman–Crippen LogP) is 3.24. The van der Waals surface area contributed by atoms with Gasteiger partial charge < -0.3 is 10.4 Å². The molecule has 2 aromatic rings. The van der Waals surface area contributed by atoms with Gasteiger partial charge in [-0.15, -0.1) is 11.3 Å². The summed E-state index contributed by atoms with van der Waals surface area (Å²) in [6.07, 6.45) is 3.80. The summed E-state index contributed by atoms with van der Waals surface area (Å²) in [6, 6.07) is 6.10. The van der Waals surface area contributed by atoms with Gasteiger partial charge in [-0.2, -0.15) is 0 Å². The van der Waals surface area contributed by atoms with Crippen LogP contribution in [0.4, 0.5) is 0 Å². The maximum absolute atomic E-state index is 11.3. The van der Waals surface area contributed by atoms with E-state index >= 15 is 0 Å². The van der Waals surface area contributed by atoms with Gasteiger partial charge in [-0.05, 0) is 35.9 Å². The Labute approximate surface area is 109 Å². The molecule has 0 spiro atoms. The molecule has 0 bridgehead atoms. The first-order chi connectivity index (χ1) is 8.75. The van der Waals surface area contributed by atoms with Gasteiger partial charge in [0, 0.05) is 22.7 Å². The van der Waals surface area contributed by atoms with Crippen LogP contribution in [0.1, 0.15) is 35.2 Å². The molecule has 0 atom stereocenters. The summed E-state index contributed by atoms with van der Waals surface area (Å²) in [5.41, 5.74) is 1.53. The van der Waals surface area contributed by atoms with Crippen molar-refractivity contribution in [3.05, 3.63) is 34.7 Å². The Morgan fingerprint density at radius 1 is 1.44 bits per heavy atom. The van der Waals surface area contributed by atoms with Crippen LogP contribution < -0.4 is 5.32 Å². The average molecular weight is 261 g/mol. The third kappa shape index (κ3) is 2.02. The molecule has 1 saturated carbocycles. The molecule has 1 fully saturated rings. The van der Waals surface area contributed by atoms with Gasteiger partial charge in [0.15, 0.2) is 0 Å². The third-order valence-corrected chi connectivity index (χ3v) is 4.59. The van der Waals surface area contributed by atoms with Gasteiger partial charge >= 0.3 is 5.97 Å². The van der Waals surface area contributed by atoms with Gasteiger partial charge in [-0.1, -0.05) is 12.5 Å². The van der Waals surface area contributed by atoms with E-state index in [2.05, 4.69) is 10.7 Å². The van der Waals surface area contributed by atoms with E-state index in [9.17, 15) is 9.90 Å². The monoisotopic (exact) mass is 261 g/mol. The number of hydrogen-bond acceptors (Lipinski definition) is 3. The standard InChI is InChI=1S/C14H15NO2S/c16-14(17)11-5-2-6-12-13(11)9(8-18-12)7-15-10-3-1-4-10/h2,5-6,8,10,15H,1,3-4,7H2,(H,16,17). The molecule has 1 aliphatic rings. The van der Waals surface area contributed by atoms with E-state index in [0.29, 0.717) is 11.6 Å². The van der Waals surface area contributed by atoms with Gasteiger partial charge in [0.1, 0.15) is 0 Å². The fourth-order valence-corrected chi connectivity index (χ4v) is 3.32. The quantitative estimate of drug-likeness (QED) is 0.888. The number of benzene rings is 1. The third-order valence-electron chi connectivity index (χ3n) is 3.59. The van der Waals surface area contributed by atoms with Crippen LogP contribution in [0, 0.1) is 0 Å². The van der Waals surface area contributed by atoms with Crippen LogP contribution in [0.25, 0.3) is 10.1 Å². The largest absolute Gasteiger partial charge is 0.478 e. The highest BCUT2D eigenvalue weighted by Crippen LogP contribution is 2.30. The summed E-state index contributed by atoms with van der Waals surface area (Å²) in [6.45, 7) is 0.773. The van der Waals surface area contributed by atoms with E-state index in [-0.39, 0.29) is 0 Å². The smallest absolute Gasteiger partial charge is 0.336 e. The summed E-state index contributed by atoms with van der Waals surface area (Å²) < 4.78 is 1.06. The lowest BCUT2D eigenvalue weighted by Gasteiger charge is -2.26. The number of carbonyl (C=O) groups is 1. The Balaban J connectivity index is 1.93. The van der Waals surface area contributed by atoms with Gasteiger partial charge in [-0.25, -0.2) is 4.79 Å². The highest BCUT2D eigenvalue weighted by Gasteiger charge is 2.18. The minimum absolute atomic E-state index is 0.416. The Morgan fingerprint density at radius 2 is 2.28 bits per heavy atom. The van der Waals surface area contributed by atoms with Crippen molar-refractivity contribution in [1.82, 2.24) is 5.32 Å². The van der Waals surface area contributed by atoms with Crippen LogP contribution in [0.2, 0.25) is 0 Å². The first-order valence-electron chi connectivity index (χ1n) is 6.21. The molecule has 0 saturated heterocycles. The Hall–Kier alpha value is -1.39. The van der Waals surface area contributed by atoms with Crippen LogP contribution in [-0.4, -0.2) is 17.1 Å². The molecule has 1 aromatic heterocycles. The summed E-state index contributed by atoms with van der Waals surface area (Å²) in [7, 11) is 0. The second-order valence-corrected chi connectivity index (χ2v) is 5.66. The van der Waals surface area contributed by atoms with Crippen LogP contribution in [0.3, 0.4) is 0 Å². The zero-order valence-corrected chi connectivity index (χ0v) is 10.8. The normalized spacial score (nSPS) is 15.8. The summed E-state index contributed by atoms with van der Waals surface area (Å²) >= 11 is 1.62. The van der Waals surface area contributed by atoms with E-state index in [4.69, 9.17) is 0 Å². The SMILES string of the molecule is O=C(O)c1cccc2scc(CNC3CCC3)c12. The minimum atomic E-state index is -0.844. The fourth-order valence-electron chi connectivity index (χ4n) is 2.33. The number of carboxylic acid groups (broad SMARTS) is 1. The van der Waals surface area contributed by atoms with E-state index in [1.165, 1.54) is 19.3 Å². The number of nitrogens with one attached hydrogen (secondary N) is 1. The van der Waals surface area contributed by atoms with Crippen molar-refractivity contribution in [3.63, 3.8) is 0 Å². The van der Waals surface area contributed by atoms with Gasteiger partial charge in [-0.3, -0.25) is 0 Å². The van der Waals surface area contributed by atoms with Crippen LogP contribution >= 0.6 is 11.3 Å². The molecule has 0 unspecified atom stereocenters. The summed E-state index contributed by atoms with van der Waals surface area (Å²) in [5, 5.41) is 15.7. The molecule has 94 valence electrons. The summed E-state index contributed by atoms with van der Waals surface area (Å²) in [5.74, 6) is -0.844. The predicted molar refractivity (Wildman–Crippen MR) is 73.3 cm³/mol. The molecule has 4 heteroatoms. The Kier molecular flexibility index (Phi) is 3.06. The van der Waals surface area contributed by atoms with Crippen molar-refractivity contribution in [1.29, 1.82) is 0 Å². The van der Waals surface area contributed by atoms with E-state index in [0.717, 1.165) is 22.2 Å². The second-order valence-electron chi connectivity index (χ2n) is 4.75. The fraction of sp³-hybridized carbons (Fsp3) is 0.357. The molecule has 3 nitrogen and oxygen atoms in total. The number of thiophene rings is 1. The molecular weight excluding hydrogens is 246 g/mol. The number of rotatable bonds is 4. The average Bonchev–Trinajstić information content (AvgIpc) is 2.70. The van der Waals surface area contributed by atoms with Gasteiger partial charge in [0.2, 0.25) is 0 Å². The number of aromatic carboxylic acids is 1. The molecular formula is C14H15NO2S. The van der Waals surface area contributed by atoms with Crippen molar-refractivity contribution in [2.75, 3.05) is 0 Å². The Morgan fingerprint density at radius 3 is 2.94 bits per heavy atom. The maximum Gasteiger partial charge on any atom is 0.336 e. The van der Waals surface area contributed by atoms with Crippen molar-refractivity contribution in [2.45, 2.75) is 31.8 Å². The molecule has 1 heterocycles. The molecule has 1 aromatic carbocycles. The topological polar surface area (TPSA) is 49.3 Å². The van der Waals surface area contributed by atoms with E-state index < -0.39 is 5.97 Å². The number of hydrogen-bond donors (Lipinski definition) is 2. The summed E-state index contributed by atoms with van der Waals surface area (Å²) in [4.78, 5) is 11.3. The van der Waals surface area contributed by atoms with Crippen molar-refractivity contribution in [2.24, 2.45) is 0 Å². The number of fused-ring (bicyclic) bond motifs is 1.